The van der Waals surface area contributed by atoms with E-state index >= 15 is 0 Å². The molecule has 0 aliphatic carbocycles. The van der Waals surface area contributed by atoms with Crippen molar-refractivity contribution in [3.63, 3.8) is 0 Å². The summed E-state index contributed by atoms with van der Waals surface area (Å²) in [6.45, 7) is 11.7. The first kappa shape index (κ1) is 25.7. The zero-order valence-electron chi connectivity index (χ0n) is 20.7. The monoisotopic (exact) mass is 478 g/mol. The average Bonchev–Trinajstić information content (AvgIpc) is 2.83. The molecule has 2 heterocycles. The van der Waals surface area contributed by atoms with Gasteiger partial charge in [0.25, 0.3) is 0 Å². The molecule has 2 aromatic carbocycles. The van der Waals surface area contributed by atoms with E-state index in [1.165, 1.54) is 0 Å². The minimum absolute atomic E-state index is 0.00991. The lowest BCUT2D eigenvalue weighted by Crippen LogP contribution is -2.21. The summed E-state index contributed by atoms with van der Waals surface area (Å²) < 4.78 is 11.0. The van der Waals surface area contributed by atoms with Gasteiger partial charge >= 0.3 is 11.3 Å². The number of benzene rings is 2. The Balaban J connectivity index is 0.00000167. The zero-order valence-corrected chi connectivity index (χ0v) is 20.7. The molecule has 4 rings (SSSR count). The number of hydrogen-bond donors (Lipinski definition) is 2. The van der Waals surface area contributed by atoms with E-state index in [1.807, 2.05) is 41.5 Å². The second kappa shape index (κ2) is 10.2. The summed E-state index contributed by atoms with van der Waals surface area (Å²) in [6.07, 6.45) is 0.314. The smallest absolute Gasteiger partial charge is 0.344 e. The molecule has 35 heavy (non-hydrogen) atoms. The van der Waals surface area contributed by atoms with Crippen molar-refractivity contribution in [1.82, 2.24) is 0 Å². The summed E-state index contributed by atoms with van der Waals surface area (Å²) in [4.78, 5) is 38.0. The fraction of sp³-hybridized carbons (Fsp3) is 0.321. The summed E-state index contributed by atoms with van der Waals surface area (Å²) in [5.74, 6) is -2.52. The maximum atomic E-state index is 12.9. The molecule has 7 heteroatoms. The number of aldehydes is 1. The lowest BCUT2D eigenvalue weighted by atomic mass is 9.90. The fourth-order valence-electron chi connectivity index (χ4n) is 4.23. The van der Waals surface area contributed by atoms with Crippen molar-refractivity contribution in [3.05, 3.63) is 79.5 Å². The van der Waals surface area contributed by atoms with E-state index < -0.39 is 39.8 Å². The molecular weight excluding hydrogens is 448 g/mol. The topological polar surface area (TPSA) is 118 Å². The molecule has 0 spiro atoms. The fourth-order valence-corrected chi connectivity index (χ4v) is 4.23. The van der Waals surface area contributed by atoms with E-state index in [2.05, 4.69) is 0 Å². The van der Waals surface area contributed by atoms with E-state index in [-0.39, 0.29) is 33.8 Å². The van der Waals surface area contributed by atoms with Gasteiger partial charge in [-0.3, -0.25) is 0 Å². The molecule has 2 aromatic heterocycles. The first-order valence-electron chi connectivity index (χ1n) is 11.7. The molecule has 0 fully saturated rings. The van der Waals surface area contributed by atoms with Crippen LogP contribution in [0.15, 0.2) is 54.8 Å². The molecule has 0 aliphatic rings. The van der Waals surface area contributed by atoms with E-state index in [0.717, 1.165) is 0 Å². The van der Waals surface area contributed by atoms with Gasteiger partial charge in [0.15, 0.2) is 0 Å². The normalized spacial score (nSPS) is 11.3. The Morgan fingerprint density at radius 2 is 1.09 bits per heavy atom. The zero-order chi connectivity index (χ0) is 26.0. The Morgan fingerprint density at radius 3 is 1.40 bits per heavy atom. The molecule has 0 unspecified atom stereocenters. The van der Waals surface area contributed by atoms with Crippen molar-refractivity contribution in [3.8, 4) is 11.5 Å². The van der Waals surface area contributed by atoms with Gasteiger partial charge in [-0.05, 0) is 35.1 Å². The van der Waals surface area contributed by atoms with E-state index in [1.54, 1.807) is 36.4 Å². The standard InChI is InChI=1S/C26H24O7.C2H6/c1-12(2)14-7-5-9-16-21(28)19(25(30)32-23(14)16)18(11-27)20-22(29)17-10-6-8-15(13(3)4)24(17)33-26(20)31;1-2/h5-13,18,28-29H,1-4H3;1-2H3. The van der Waals surface area contributed by atoms with E-state index in [0.29, 0.717) is 17.4 Å². The van der Waals surface area contributed by atoms with Gasteiger partial charge in [-0.15, -0.1) is 0 Å². The van der Waals surface area contributed by atoms with Gasteiger partial charge < -0.3 is 23.8 Å². The van der Waals surface area contributed by atoms with Crippen LogP contribution in [0.1, 0.15) is 81.5 Å². The maximum Gasteiger partial charge on any atom is 0.344 e. The number of hydrogen-bond acceptors (Lipinski definition) is 7. The van der Waals surface area contributed by atoms with Crippen LogP contribution < -0.4 is 11.3 Å². The molecule has 4 aromatic rings. The van der Waals surface area contributed by atoms with Crippen LogP contribution in [-0.2, 0) is 4.79 Å². The predicted octanol–water partition coefficient (Wildman–Crippen LogP) is 5.91. The minimum atomic E-state index is -1.59. The first-order chi connectivity index (χ1) is 16.7. The number of aromatic hydroxyl groups is 2. The molecule has 0 amide bonds. The highest BCUT2D eigenvalue weighted by Crippen LogP contribution is 2.39. The Labute approximate surface area is 202 Å². The van der Waals surface area contributed by atoms with Crippen LogP contribution in [0.4, 0.5) is 0 Å². The van der Waals surface area contributed by atoms with Crippen molar-refractivity contribution < 1.29 is 23.8 Å². The second-order valence-electron chi connectivity index (χ2n) is 8.67. The third kappa shape index (κ3) is 4.34. The first-order valence-corrected chi connectivity index (χ1v) is 11.7. The second-order valence-corrected chi connectivity index (χ2v) is 8.67. The Bertz CT molecular complexity index is 1400. The van der Waals surface area contributed by atoms with Gasteiger partial charge in [-0.1, -0.05) is 65.8 Å². The number of fused-ring (bicyclic) bond motifs is 2. The maximum absolute atomic E-state index is 12.9. The van der Waals surface area contributed by atoms with Gasteiger partial charge in [0.1, 0.15) is 29.0 Å². The number of carbonyl (C=O) groups excluding carboxylic acids is 1. The van der Waals surface area contributed by atoms with Gasteiger partial charge in [-0.2, -0.15) is 0 Å². The molecule has 0 bridgehead atoms. The molecule has 0 saturated heterocycles. The van der Waals surface area contributed by atoms with Crippen LogP contribution in [0, 0.1) is 0 Å². The molecule has 0 atom stereocenters. The van der Waals surface area contributed by atoms with Crippen molar-refractivity contribution in [2.24, 2.45) is 0 Å². The number of rotatable bonds is 5. The van der Waals surface area contributed by atoms with Crippen LogP contribution in [-0.4, -0.2) is 16.5 Å². The van der Waals surface area contributed by atoms with Crippen LogP contribution in [0.5, 0.6) is 11.5 Å². The molecule has 7 nitrogen and oxygen atoms in total. The summed E-state index contributed by atoms with van der Waals surface area (Å²) in [5, 5.41) is 22.4. The van der Waals surface area contributed by atoms with Crippen molar-refractivity contribution >= 4 is 28.2 Å². The highest BCUT2D eigenvalue weighted by Gasteiger charge is 2.31. The van der Waals surface area contributed by atoms with Crippen LogP contribution in [0.3, 0.4) is 0 Å². The quantitative estimate of drug-likeness (QED) is 0.270. The van der Waals surface area contributed by atoms with Gasteiger partial charge in [0, 0.05) is 0 Å². The highest BCUT2D eigenvalue weighted by atomic mass is 16.4. The molecule has 184 valence electrons. The minimum Gasteiger partial charge on any atom is -0.507 e. The molecular formula is C28H30O7. The molecule has 2 N–H and O–H groups in total. The third-order valence-corrected chi connectivity index (χ3v) is 5.94. The lowest BCUT2D eigenvalue weighted by Gasteiger charge is -2.16. The Hall–Kier alpha value is -3.87. The average molecular weight is 479 g/mol. The lowest BCUT2D eigenvalue weighted by molar-refractivity contribution is -0.108. The summed E-state index contributed by atoms with van der Waals surface area (Å²) in [6, 6.07) is 10.1. The summed E-state index contributed by atoms with van der Waals surface area (Å²) in [7, 11) is 0. The Morgan fingerprint density at radius 1 is 0.714 bits per heavy atom. The predicted molar refractivity (Wildman–Crippen MR) is 136 cm³/mol. The van der Waals surface area contributed by atoms with Gasteiger partial charge in [0.05, 0.1) is 27.8 Å². The van der Waals surface area contributed by atoms with Crippen molar-refractivity contribution in [2.75, 3.05) is 0 Å². The summed E-state index contributed by atoms with van der Waals surface area (Å²) in [5.41, 5.74) is -0.966. The molecule has 0 radical (unpaired) electrons. The van der Waals surface area contributed by atoms with Crippen LogP contribution in [0.25, 0.3) is 21.9 Å². The van der Waals surface area contributed by atoms with Crippen LogP contribution >= 0.6 is 0 Å². The SMILES string of the molecule is CC.CC(C)c1cccc2c(O)c(C(C=O)c3c(O)c4cccc(C(C)C)c4oc3=O)c(=O)oc12. The van der Waals surface area contributed by atoms with Gasteiger partial charge in [0.2, 0.25) is 0 Å². The number of para-hydroxylation sites is 2. The highest BCUT2D eigenvalue weighted by molar-refractivity contribution is 5.91. The Kier molecular flexibility index (Phi) is 7.48. The van der Waals surface area contributed by atoms with Crippen molar-refractivity contribution in [1.29, 1.82) is 0 Å². The van der Waals surface area contributed by atoms with E-state index in [4.69, 9.17) is 8.83 Å². The summed E-state index contributed by atoms with van der Waals surface area (Å²) >= 11 is 0. The largest absolute Gasteiger partial charge is 0.507 e. The van der Waals surface area contributed by atoms with Crippen molar-refractivity contribution in [2.45, 2.75) is 59.3 Å². The molecule has 0 saturated carbocycles. The molecule has 0 aliphatic heterocycles. The van der Waals surface area contributed by atoms with Crippen LogP contribution in [0.2, 0.25) is 0 Å². The number of carbonyl (C=O) groups is 1. The van der Waals surface area contributed by atoms with Gasteiger partial charge in [-0.25, -0.2) is 9.59 Å². The van der Waals surface area contributed by atoms with E-state index in [9.17, 15) is 24.6 Å². The third-order valence-electron chi connectivity index (χ3n) is 5.94.